The Kier molecular flexibility index (Phi) is 2.81. The van der Waals surface area contributed by atoms with Crippen LogP contribution in [0.1, 0.15) is 11.1 Å². The van der Waals surface area contributed by atoms with Crippen LogP contribution >= 0.6 is 11.6 Å². The van der Waals surface area contributed by atoms with Gasteiger partial charge >= 0.3 is 0 Å². The van der Waals surface area contributed by atoms with Crippen molar-refractivity contribution in [2.45, 2.75) is 13.1 Å². The molecule has 92 valence electrons. The van der Waals surface area contributed by atoms with Crippen molar-refractivity contribution in [1.82, 2.24) is 9.99 Å². The van der Waals surface area contributed by atoms with Crippen molar-refractivity contribution in [3.63, 3.8) is 0 Å². The van der Waals surface area contributed by atoms with Gasteiger partial charge < -0.3 is 10.5 Å². The monoisotopic (exact) mass is 261 g/mol. The SMILES string of the molecule is Oc1ccc(Cl)c2c1CN(Nc1ccncc1)C2. The molecule has 1 aromatic heterocycles. The Labute approximate surface area is 110 Å². The van der Waals surface area contributed by atoms with E-state index in [1.807, 2.05) is 17.1 Å². The minimum atomic E-state index is 0.299. The number of phenolic OH excluding ortho intramolecular Hbond substituents is 1. The zero-order valence-electron chi connectivity index (χ0n) is 9.60. The number of hydrogen-bond acceptors (Lipinski definition) is 4. The summed E-state index contributed by atoms with van der Waals surface area (Å²) < 4.78 is 0. The maximum atomic E-state index is 9.82. The zero-order valence-corrected chi connectivity index (χ0v) is 10.4. The average Bonchev–Trinajstić information content (AvgIpc) is 2.80. The van der Waals surface area contributed by atoms with Crippen molar-refractivity contribution in [1.29, 1.82) is 0 Å². The number of hydrazine groups is 1. The van der Waals surface area contributed by atoms with Gasteiger partial charge in [0.05, 0.1) is 5.69 Å². The van der Waals surface area contributed by atoms with Gasteiger partial charge in [0.1, 0.15) is 5.75 Å². The number of aromatic hydroxyl groups is 1. The van der Waals surface area contributed by atoms with Crippen LogP contribution in [0.15, 0.2) is 36.7 Å². The van der Waals surface area contributed by atoms with Crippen molar-refractivity contribution in [2.24, 2.45) is 0 Å². The second-order valence-electron chi connectivity index (χ2n) is 4.23. The van der Waals surface area contributed by atoms with Crippen LogP contribution in [0.4, 0.5) is 5.69 Å². The molecule has 5 heteroatoms. The Bertz CT molecular complexity index is 543. The summed E-state index contributed by atoms with van der Waals surface area (Å²) in [6.45, 7) is 1.30. The summed E-state index contributed by atoms with van der Waals surface area (Å²) in [6, 6.07) is 7.15. The molecule has 18 heavy (non-hydrogen) atoms. The number of anilines is 1. The Morgan fingerprint density at radius 1 is 1.11 bits per heavy atom. The van der Waals surface area contributed by atoms with E-state index in [0.29, 0.717) is 23.9 Å². The fraction of sp³-hybridized carbons (Fsp3) is 0.154. The number of aromatic nitrogens is 1. The summed E-state index contributed by atoms with van der Waals surface area (Å²) in [6.07, 6.45) is 3.46. The molecule has 0 radical (unpaired) electrons. The number of halogens is 1. The van der Waals surface area contributed by atoms with E-state index >= 15 is 0 Å². The molecular weight excluding hydrogens is 250 g/mol. The van der Waals surface area contributed by atoms with E-state index in [9.17, 15) is 5.11 Å². The molecule has 1 aromatic carbocycles. The zero-order chi connectivity index (χ0) is 12.5. The van der Waals surface area contributed by atoms with E-state index in [0.717, 1.165) is 16.8 Å². The van der Waals surface area contributed by atoms with Gasteiger partial charge in [-0.25, -0.2) is 5.01 Å². The number of nitrogens with one attached hydrogen (secondary N) is 1. The molecule has 0 atom stereocenters. The lowest BCUT2D eigenvalue weighted by molar-refractivity contribution is 0.343. The van der Waals surface area contributed by atoms with Gasteiger partial charge in [0.25, 0.3) is 0 Å². The van der Waals surface area contributed by atoms with Crippen LogP contribution in [0.25, 0.3) is 0 Å². The second kappa shape index (κ2) is 4.48. The molecule has 0 amide bonds. The lowest BCUT2D eigenvalue weighted by Crippen LogP contribution is -2.23. The molecule has 0 fully saturated rings. The van der Waals surface area contributed by atoms with Crippen LogP contribution in [0, 0.1) is 0 Å². The van der Waals surface area contributed by atoms with Gasteiger partial charge in [-0.3, -0.25) is 4.98 Å². The summed E-state index contributed by atoms with van der Waals surface area (Å²) >= 11 is 6.13. The first-order chi connectivity index (χ1) is 8.74. The summed E-state index contributed by atoms with van der Waals surface area (Å²) in [7, 11) is 0. The van der Waals surface area contributed by atoms with Crippen molar-refractivity contribution in [2.75, 3.05) is 5.43 Å². The van der Waals surface area contributed by atoms with Gasteiger partial charge in [0, 0.05) is 36.1 Å². The molecule has 2 heterocycles. The predicted octanol–water partition coefficient (Wildman–Crippen LogP) is 2.78. The fourth-order valence-corrected chi connectivity index (χ4v) is 2.36. The third-order valence-corrected chi connectivity index (χ3v) is 3.37. The van der Waals surface area contributed by atoms with Crippen molar-refractivity contribution in [3.05, 3.63) is 52.8 Å². The van der Waals surface area contributed by atoms with Gasteiger partial charge in [-0.15, -0.1) is 0 Å². The normalized spacial score (nSPS) is 14.5. The molecule has 1 aliphatic rings. The Morgan fingerprint density at radius 2 is 1.83 bits per heavy atom. The lowest BCUT2D eigenvalue weighted by atomic mass is 10.1. The maximum absolute atomic E-state index is 9.82. The number of nitrogens with zero attached hydrogens (tertiary/aromatic N) is 2. The number of pyridine rings is 1. The molecule has 0 saturated heterocycles. The van der Waals surface area contributed by atoms with Crippen LogP contribution in [-0.4, -0.2) is 15.1 Å². The number of hydrogen-bond donors (Lipinski definition) is 2. The second-order valence-corrected chi connectivity index (χ2v) is 4.63. The number of phenols is 1. The molecule has 2 N–H and O–H groups in total. The highest BCUT2D eigenvalue weighted by Crippen LogP contribution is 2.35. The van der Waals surface area contributed by atoms with Gasteiger partial charge in [-0.05, 0) is 29.8 Å². The van der Waals surface area contributed by atoms with Crippen molar-refractivity contribution >= 4 is 17.3 Å². The number of fused-ring (bicyclic) bond motifs is 1. The molecule has 0 unspecified atom stereocenters. The molecule has 0 aliphatic carbocycles. The molecule has 2 aromatic rings. The Morgan fingerprint density at radius 3 is 2.56 bits per heavy atom. The molecule has 1 aliphatic heterocycles. The average molecular weight is 262 g/mol. The van der Waals surface area contributed by atoms with E-state index in [1.165, 1.54) is 0 Å². The lowest BCUT2D eigenvalue weighted by Gasteiger charge is -2.17. The van der Waals surface area contributed by atoms with Crippen molar-refractivity contribution < 1.29 is 5.11 Å². The molecule has 3 rings (SSSR count). The summed E-state index contributed by atoms with van der Waals surface area (Å²) in [5.41, 5.74) is 6.11. The number of benzene rings is 1. The van der Waals surface area contributed by atoms with Crippen LogP contribution in [0.2, 0.25) is 5.02 Å². The smallest absolute Gasteiger partial charge is 0.120 e. The first-order valence-corrected chi connectivity index (χ1v) is 6.02. The number of rotatable bonds is 2. The summed E-state index contributed by atoms with van der Waals surface area (Å²) in [5, 5.41) is 12.5. The Balaban J connectivity index is 1.81. The van der Waals surface area contributed by atoms with Gasteiger partial charge in [0.15, 0.2) is 0 Å². The highest BCUT2D eigenvalue weighted by atomic mass is 35.5. The molecule has 0 bridgehead atoms. The standard InChI is InChI=1S/C13H12ClN3O/c14-12-1-2-13(18)11-8-17(7-10(11)12)16-9-3-5-15-6-4-9/h1-6,18H,7-8H2,(H,15,16). The van der Waals surface area contributed by atoms with Gasteiger partial charge in [-0.1, -0.05) is 11.6 Å². The van der Waals surface area contributed by atoms with Gasteiger partial charge in [0.2, 0.25) is 0 Å². The fourth-order valence-electron chi connectivity index (χ4n) is 2.13. The van der Waals surface area contributed by atoms with Crippen molar-refractivity contribution in [3.8, 4) is 5.75 Å². The molecule has 0 saturated carbocycles. The van der Waals surface area contributed by atoms with E-state index < -0.39 is 0 Å². The van der Waals surface area contributed by atoms with E-state index in [-0.39, 0.29) is 0 Å². The van der Waals surface area contributed by atoms with Crippen LogP contribution < -0.4 is 5.43 Å². The third-order valence-electron chi connectivity index (χ3n) is 3.01. The largest absolute Gasteiger partial charge is 0.508 e. The summed E-state index contributed by atoms with van der Waals surface area (Å²) in [4.78, 5) is 3.97. The third kappa shape index (κ3) is 2.00. The first kappa shape index (κ1) is 11.3. The summed E-state index contributed by atoms with van der Waals surface area (Å²) in [5.74, 6) is 0.299. The first-order valence-electron chi connectivity index (χ1n) is 5.65. The van der Waals surface area contributed by atoms with Gasteiger partial charge in [-0.2, -0.15) is 0 Å². The van der Waals surface area contributed by atoms with Crippen LogP contribution in [-0.2, 0) is 13.1 Å². The highest BCUT2D eigenvalue weighted by molar-refractivity contribution is 6.31. The Hall–Kier alpha value is -1.78. The minimum absolute atomic E-state index is 0.299. The topological polar surface area (TPSA) is 48.4 Å². The van der Waals surface area contributed by atoms with E-state index in [1.54, 1.807) is 24.5 Å². The van der Waals surface area contributed by atoms with Crippen LogP contribution in [0.5, 0.6) is 5.75 Å². The molecule has 0 spiro atoms. The predicted molar refractivity (Wildman–Crippen MR) is 70.2 cm³/mol. The minimum Gasteiger partial charge on any atom is -0.508 e. The molecule has 4 nitrogen and oxygen atoms in total. The quantitative estimate of drug-likeness (QED) is 0.873. The van der Waals surface area contributed by atoms with E-state index in [4.69, 9.17) is 11.6 Å². The molecular formula is C13H12ClN3O. The van der Waals surface area contributed by atoms with Crippen LogP contribution in [0.3, 0.4) is 0 Å². The maximum Gasteiger partial charge on any atom is 0.120 e. The highest BCUT2D eigenvalue weighted by Gasteiger charge is 2.24. The van der Waals surface area contributed by atoms with E-state index in [2.05, 4.69) is 10.4 Å².